The van der Waals surface area contributed by atoms with Crippen LogP contribution in [0.15, 0.2) is 42.5 Å². The van der Waals surface area contributed by atoms with Gasteiger partial charge in [-0.1, -0.05) is 32.9 Å². The molecule has 8 nitrogen and oxygen atoms in total. The number of benzene rings is 2. The first kappa shape index (κ1) is 29.6. The summed E-state index contributed by atoms with van der Waals surface area (Å²) in [6, 6.07) is 11.5. The molecule has 218 valence electrons. The van der Waals surface area contributed by atoms with Crippen molar-refractivity contribution < 1.29 is 22.9 Å². The Kier molecular flexibility index (Phi) is 8.92. The molecule has 11 heteroatoms. The molecule has 1 N–H and O–H groups in total. The molecule has 2 aromatic carbocycles. The zero-order valence-electron chi connectivity index (χ0n) is 23.3. The van der Waals surface area contributed by atoms with Crippen LogP contribution >= 0.6 is 0 Å². The van der Waals surface area contributed by atoms with Gasteiger partial charge in [0, 0.05) is 69.2 Å². The number of amides is 1. The summed E-state index contributed by atoms with van der Waals surface area (Å²) in [6.07, 6.45) is -3.05. The quantitative estimate of drug-likeness (QED) is 0.337. The minimum absolute atomic E-state index is 0.0431. The summed E-state index contributed by atoms with van der Waals surface area (Å²) in [5.74, 6) is 0.0431. The predicted octanol–water partition coefficient (Wildman–Crippen LogP) is 5.53. The maximum atomic E-state index is 13.3. The fraction of sp³-hybridized carbons (Fsp3) is 0.552. The van der Waals surface area contributed by atoms with Crippen molar-refractivity contribution in [1.82, 2.24) is 9.80 Å². The number of likely N-dealkylation sites (tertiary alicyclic amines) is 1. The highest BCUT2D eigenvalue weighted by Crippen LogP contribution is 2.38. The van der Waals surface area contributed by atoms with Gasteiger partial charge < -0.3 is 15.1 Å². The summed E-state index contributed by atoms with van der Waals surface area (Å²) >= 11 is 0. The average molecular weight is 562 g/mol. The number of hydrogen-bond donors (Lipinski definition) is 1. The first-order chi connectivity index (χ1) is 18.8. The fourth-order valence-corrected chi connectivity index (χ4v) is 5.37. The molecular formula is C29H38F3N5O3. The SMILES string of the molecule is CC(C)(C)c1ccc(N2CCN(CCCC(=O)N3CCC(Nc4ccc([N+](=O)[O-])c(C(F)(F)F)c4)C3)CC2)cc1. The van der Waals surface area contributed by atoms with Gasteiger partial charge in [0.2, 0.25) is 5.91 Å². The molecule has 2 heterocycles. The summed E-state index contributed by atoms with van der Waals surface area (Å²) in [7, 11) is 0. The predicted molar refractivity (Wildman–Crippen MR) is 150 cm³/mol. The number of halogens is 3. The molecule has 2 saturated heterocycles. The Labute approximate surface area is 233 Å². The number of rotatable bonds is 8. The standard InChI is InChI=1S/C29H38F3N5O3/c1-28(2,3)21-6-9-24(10-7-21)35-17-15-34(16-18-35)13-4-5-27(38)36-14-12-23(20-36)33-22-8-11-26(37(39)40)25(19-22)29(30,31)32/h6-11,19,23,33H,4-5,12-18,20H2,1-3H3. The largest absolute Gasteiger partial charge is 0.423 e. The summed E-state index contributed by atoms with van der Waals surface area (Å²) < 4.78 is 39.8. The van der Waals surface area contributed by atoms with Crippen molar-refractivity contribution in [3.8, 4) is 0 Å². The number of nitrogens with zero attached hydrogens (tertiary/aromatic N) is 4. The molecule has 0 saturated carbocycles. The van der Waals surface area contributed by atoms with Crippen molar-refractivity contribution in [2.45, 2.75) is 57.7 Å². The van der Waals surface area contributed by atoms with Crippen LogP contribution in [0.5, 0.6) is 0 Å². The van der Waals surface area contributed by atoms with E-state index in [-0.39, 0.29) is 23.1 Å². The first-order valence-electron chi connectivity index (χ1n) is 13.8. The molecule has 0 aliphatic carbocycles. The van der Waals surface area contributed by atoms with Gasteiger partial charge in [-0.3, -0.25) is 19.8 Å². The van der Waals surface area contributed by atoms with Crippen LogP contribution < -0.4 is 10.2 Å². The highest BCUT2D eigenvalue weighted by Gasteiger charge is 2.38. The molecule has 2 aliphatic heterocycles. The van der Waals surface area contributed by atoms with E-state index in [1.54, 1.807) is 4.90 Å². The molecule has 2 aliphatic rings. The lowest BCUT2D eigenvalue weighted by atomic mass is 9.87. The molecule has 1 unspecified atom stereocenters. The van der Waals surface area contributed by atoms with Crippen molar-refractivity contribution in [3.05, 3.63) is 63.7 Å². The Morgan fingerprint density at radius 1 is 1.02 bits per heavy atom. The maximum absolute atomic E-state index is 13.3. The number of alkyl halides is 3. The fourth-order valence-electron chi connectivity index (χ4n) is 5.37. The van der Waals surface area contributed by atoms with Crippen LogP contribution in [0.25, 0.3) is 0 Å². The van der Waals surface area contributed by atoms with E-state index >= 15 is 0 Å². The van der Waals surface area contributed by atoms with Crippen LogP contribution in [0.4, 0.5) is 30.2 Å². The molecule has 0 bridgehead atoms. The van der Waals surface area contributed by atoms with Gasteiger partial charge in [0.25, 0.3) is 5.69 Å². The van der Waals surface area contributed by atoms with Crippen LogP contribution in [-0.4, -0.2) is 72.5 Å². The van der Waals surface area contributed by atoms with Crippen molar-refractivity contribution in [2.75, 3.05) is 56.0 Å². The van der Waals surface area contributed by atoms with E-state index in [4.69, 9.17) is 0 Å². The molecule has 0 aromatic heterocycles. The van der Waals surface area contributed by atoms with E-state index in [1.807, 2.05) is 0 Å². The molecule has 4 rings (SSSR count). The Bertz CT molecular complexity index is 1190. The molecule has 2 aromatic rings. The van der Waals surface area contributed by atoms with Gasteiger partial charge in [-0.15, -0.1) is 0 Å². The Morgan fingerprint density at radius 2 is 1.70 bits per heavy atom. The van der Waals surface area contributed by atoms with Gasteiger partial charge in [-0.05, 0) is 54.6 Å². The van der Waals surface area contributed by atoms with Gasteiger partial charge in [-0.25, -0.2) is 0 Å². The van der Waals surface area contributed by atoms with Crippen molar-refractivity contribution in [2.24, 2.45) is 0 Å². The maximum Gasteiger partial charge on any atom is 0.423 e. The van der Waals surface area contributed by atoms with E-state index in [2.05, 4.69) is 60.2 Å². The first-order valence-corrected chi connectivity index (χ1v) is 13.8. The lowest BCUT2D eigenvalue weighted by molar-refractivity contribution is -0.388. The van der Waals surface area contributed by atoms with Crippen molar-refractivity contribution >= 4 is 23.0 Å². The Balaban J connectivity index is 1.19. The number of nitrogens with one attached hydrogen (secondary N) is 1. The molecule has 1 atom stereocenters. The third kappa shape index (κ3) is 7.44. The van der Waals surface area contributed by atoms with Crippen molar-refractivity contribution in [3.63, 3.8) is 0 Å². The smallest absolute Gasteiger partial charge is 0.380 e. The summed E-state index contributed by atoms with van der Waals surface area (Å²) in [5, 5.41) is 14.0. The van der Waals surface area contributed by atoms with E-state index in [0.29, 0.717) is 25.9 Å². The molecule has 1 amide bonds. The highest BCUT2D eigenvalue weighted by molar-refractivity contribution is 5.76. The normalized spacial score (nSPS) is 18.7. The monoisotopic (exact) mass is 561 g/mol. The average Bonchev–Trinajstić information content (AvgIpc) is 3.36. The number of anilines is 2. The Morgan fingerprint density at radius 3 is 2.30 bits per heavy atom. The van der Waals surface area contributed by atoms with Gasteiger partial charge in [-0.2, -0.15) is 13.2 Å². The second-order valence-electron chi connectivity index (χ2n) is 11.7. The minimum Gasteiger partial charge on any atom is -0.380 e. The number of nitro groups is 1. The van der Waals surface area contributed by atoms with Crippen LogP contribution in [0.1, 0.15) is 51.2 Å². The second kappa shape index (κ2) is 12.0. The molecule has 0 spiro atoms. The van der Waals surface area contributed by atoms with Crippen LogP contribution in [0.2, 0.25) is 0 Å². The third-order valence-corrected chi connectivity index (χ3v) is 7.75. The molecular weight excluding hydrogens is 523 g/mol. The zero-order chi connectivity index (χ0) is 29.1. The summed E-state index contributed by atoms with van der Waals surface area (Å²) in [5.41, 5.74) is 0.589. The molecule has 0 radical (unpaired) electrons. The van der Waals surface area contributed by atoms with Gasteiger partial charge in [0.15, 0.2) is 0 Å². The third-order valence-electron chi connectivity index (χ3n) is 7.75. The number of carbonyl (C=O) groups is 1. The van der Waals surface area contributed by atoms with E-state index in [0.717, 1.165) is 51.3 Å². The van der Waals surface area contributed by atoms with E-state index in [9.17, 15) is 28.1 Å². The zero-order valence-corrected chi connectivity index (χ0v) is 23.3. The Hall–Kier alpha value is -3.34. The van der Waals surface area contributed by atoms with Crippen molar-refractivity contribution in [1.29, 1.82) is 0 Å². The van der Waals surface area contributed by atoms with Crippen LogP contribution in [-0.2, 0) is 16.4 Å². The number of piperazine rings is 1. The minimum atomic E-state index is -4.83. The topological polar surface area (TPSA) is 82.0 Å². The number of carbonyl (C=O) groups excluding carboxylic acids is 1. The molecule has 2 fully saturated rings. The van der Waals surface area contributed by atoms with Crippen LogP contribution in [0, 0.1) is 10.1 Å². The van der Waals surface area contributed by atoms with E-state index < -0.39 is 22.4 Å². The lowest BCUT2D eigenvalue weighted by Gasteiger charge is -2.36. The molecule has 40 heavy (non-hydrogen) atoms. The second-order valence-corrected chi connectivity index (χ2v) is 11.7. The van der Waals surface area contributed by atoms with Gasteiger partial charge >= 0.3 is 6.18 Å². The van der Waals surface area contributed by atoms with Gasteiger partial charge in [0.05, 0.1) is 4.92 Å². The summed E-state index contributed by atoms with van der Waals surface area (Å²) in [4.78, 5) is 29.2. The summed E-state index contributed by atoms with van der Waals surface area (Å²) in [6.45, 7) is 12.2. The number of hydrogen-bond acceptors (Lipinski definition) is 6. The highest BCUT2D eigenvalue weighted by atomic mass is 19.4. The van der Waals surface area contributed by atoms with E-state index in [1.165, 1.54) is 17.3 Å². The lowest BCUT2D eigenvalue weighted by Crippen LogP contribution is -2.46. The van der Waals surface area contributed by atoms with Gasteiger partial charge in [0.1, 0.15) is 5.56 Å². The number of nitro benzene ring substituents is 1. The van der Waals surface area contributed by atoms with Crippen LogP contribution in [0.3, 0.4) is 0 Å².